The number of halogens is 1. The molecule has 0 aromatic rings. The first-order valence-electron chi connectivity index (χ1n) is 5.82. The van der Waals surface area contributed by atoms with Gasteiger partial charge in [-0.2, -0.15) is 0 Å². The number of amides is 1. The van der Waals surface area contributed by atoms with Crippen molar-refractivity contribution >= 4 is 21.8 Å². The van der Waals surface area contributed by atoms with Crippen LogP contribution in [0, 0.1) is 5.92 Å². The van der Waals surface area contributed by atoms with E-state index in [0.29, 0.717) is 24.5 Å². The van der Waals surface area contributed by atoms with E-state index >= 15 is 0 Å². The average Bonchev–Trinajstić information content (AvgIpc) is 2.82. The Morgan fingerprint density at radius 3 is 2.81 bits per heavy atom. The standard InChI is InChI=1S/C11H18BrNO3/c12-6-11(14)13-2-4-16-8-10(13)5-9-1-3-15-7-9/h9-10H,1-8H2. The van der Waals surface area contributed by atoms with Crippen LogP contribution in [0.15, 0.2) is 0 Å². The molecule has 2 saturated heterocycles. The summed E-state index contributed by atoms with van der Waals surface area (Å²) in [4.78, 5) is 13.7. The molecule has 0 spiro atoms. The molecule has 0 bridgehead atoms. The van der Waals surface area contributed by atoms with Crippen LogP contribution in [0.3, 0.4) is 0 Å². The van der Waals surface area contributed by atoms with E-state index in [0.717, 1.165) is 32.6 Å². The predicted molar refractivity (Wildman–Crippen MR) is 63.7 cm³/mol. The van der Waals surface area contributed by atoms with Crippen molar-refractivity contribution in [2.24, 2.45) is 5.92 Å². The molecule has 2 heterocycles. The maximum Gasteiger partial charge on any atom is 0.233 e. The van der Waals surface area contributed by atoms with Gasteiger partial charge < -0.3 is 14.4 Å². The van der Waals surface area contributed by atoms with Crippen LogP contribution < -0.4 is 0 Å². The molecule has 0 aromatic heterocycles. The van der Waals surface area contributed by atoms with Gasteiger partial charge in [-0.3, -0.25) is 4.79 Å². The lowest BCUT2D eigenvalue weighted by atomic mass is 9.98. The van der Waals surface area contributed by atoms with Gasteiger partial charge in [0.05, 0.1) is 24.6 Å². The molecule has 2 aliphatic rings. The summed E-state index contributed by atoms with van der Waals surface area (Å²) in [6.07, 6.45) is 2.13. The zero-order valence-corrected chi connectivity index (χ0v) is 10.9. The molecule has 0 aliphatic carbocycles. The smallest absolute Gasteiger partial charge is 0.233 e. The third-order valence-corrected chi connectivity index (χ3v) is 3.77. The number of alkyl halides is 1. The highest BCUT2D eigenvalue weighted by molar-refractivity contribution is 9.09. The molecule has 92 valence electrons. The SMILES string of the molecule is O=C(CBr)N1CCOCC1CC1CCOC1. The molecule has 0 saturated carbocycles. The Labute approximate surface area is 104 Å². The Kier molecular flexibility index (Phi) is 4.61. The summed E-state index contributed by atoms with van der Waals surface area (Å²) in [5.41, 5.74) is 0. The predicted octanol–water partition coefficient (Wildman–Crippen LogP) is 1.04. The first-order valence-corrected chi connectivity index (χ1v) is 6.94. The minimum atomic E-state index is 0.173. The number of ether oxygens (including phenoxy) is 2. The lowest BCUT2D eigenvalue weighted by Gasteiger charge is -2.36. The second kappa shape index (κ2) is 5.98. The van der Waals surface area contributed by atoms with E-state index in [9.17, 15) is 4.79 Å². The summed E-state index contributed by atoms with van der Waals surface area (Å²) in [5, 5.41) is 0.407. The number of carbonyl (C=O) groups excluding carboxylic acids is 1. The van der Waals surface area contributed by atoms with E-state index < -0.39 is 0 Å². The van der Waals surface area contributed by atoms with Crippen molar-refractivity contribution in [1.82, 2.24) is 4.90 Å². The molecular weight excluding hydrogens is 274 g/mol. The number of morpholine rings is 1. The fourth-order valence-electron chi connectivity index (χ4n) is 2.41. The number of hydrogen-bond donors (Lipinski definition) is 0. The van der Waals surface area contributed by atoms with Crippen molar-refractivity contribution < 1.29 is 14.3 Å². The van der Waals surface area contributed by atoms with Crippen LogP contribution in [0.5, 0.6) is 0 Å². The second-order valence-corrected chi connectivity index (χ2v) is 4.98. The van der Waals surface area contributed by atoms with Crippen LogP contribution in [0.2, 0.25) is 0 Å². The largest absolute Gasteiger partial charge is 0.381 e. The maximum absolute atomic E-state index is 11.7. The summed E-state index contributed by atoms with van der Waals surface area (Å²) in [5.74, 6) is 0.768. The van der Waals surface area contributed by atoms with Crippen LogP contribution in [-0.4, -0.2) is 55.2 Å². The molecule has 1 amide bonds. The zero-order valence-electron chi connectivity index (χ0n) is 9.36. The van der Waals surface area contributed by atoms with Crippen molar-refractivity contribution in [1.29, 1.82) is 0 Å². The van der Waals surface area contributed by atoms with E-state index in [4.69, 9.17) is 9.47 Å². The van der Waals surface area contributed by atoms with Gasteiger partial charge in [-0.15, -0.1) is 0 Å². The third kappa shape index (κ3) is 2.96. The van der Waals surface area contributed by atoms with E-state index in [2.05, 4.69) is 15.9 Å². The molecule has 2 rings (SSSR count). The van der Waals surface area contributed by atoms with Crippen LogP contribution in [0.25, 0.3) is 0 Å². The van der Waals surface area contributed by atoms with Gasteiger partial charge in [0.15, 0.2) is 0 Å². The third-order valence-electron chi connectivity index (χ3n) is 3.29. The van der Waals surface area contributed by atoms with E-state index in [1.807, 2.05) is 4.90 Å². The molecule has 16 heavy (non-hydrogen) atoms. The molecule has 2 aliphatic heterocycles. The fraction of sp³-hybridized carbons (Fsp3) is 0.909. The van der Waals surface area contributed by atoms with Gasteiger partial charge >= 0.3 is 0 Å². The molecular formula is C11H18BrNO3. The van der Waals surface area contributed by atoms with E-state index in [1.54, 1.807) is 0 Å². The number of nitrogens with zero attached hydrogens (tertiary/aromatic N) is 1. The monoisotopic (exact) mass is 291 g/mol. The zero-order chi connectivity index (χ0) is 11.4. The lowest BCUT2D eigenvalue weighted by Crippen LogP contribution is -2.49. The number of carbonyl (C=O) groups is 1. The Balaban J connectivity index is 1.90. The first-order chi connectivity index (χ1) is 7.81. The normalized spacial score (nSPS) is 30.7. The summed E-state index contributed by atoms with van der Waals surface area (Å²) in [6.45, 7) is 3.77. The van der Waals surface area contributed by atoms with Crippen LogP contribution >= 0.6 is 15.9 Å². The van der Waals surface area contributed by atoms with Crippen LogP contribution in [0.1, 0.15) is 12.8 Å². The lowest BCUT2D eigenvalue weighted by molar-refractivity contribution is -0.137. The first kappa shape index (κ1) is 12.3. The van der Waals surface area contributed by atoms with Crippen molar-refractivity contribution in [3.63, 3.8) is 0 Å². The highest BCUT2D eigenvalue weighted by Gasteiger charge is 2.30. The van der Waals surface area contributed by atoms with Gasteiger partial charge in [-0.25, -0.2) is 0 Å². The van der Waals surface area contributed by atoms with Gasteiger partial charge in [-0.1, -0.05) is 15.9 Å². The average molecular weight is 292 g/mol. The van der Waals surface area contributed by atoms with Crippen molar-refractivity contribution in [3.05, 3.63) is 0 Å². The van der Waals surface area contributed by atoms with Crippen LogP contribution in [0.4, 0.5) is 0 Å². The van der Waals surface area contributed by atoms with E-state index in [-0.39, 0.29) is 11.9 Å². The van der Waals surface area contributed by atoms with Gasteiger partial charge in [0.2, 0.25) is 5.91 Å². The Hall–Kier alpha value is -0.130. The van der Waals surface area contributed by atoms with Gasteiger partial charge in [-0.05, 0) is 18.8 Å². The van der Waals surface area contributed by atoms with Gasteiger partial charge in [0, 0.05) is 19.8 Å². The minimum absolute atomic E-state index is 0.173. The van der Waals surface area contributed by atoms with Crippen molar-refractivity contribution in [3.8, 4) is 0 Å². The molecule has 2 fully saturated rings. The fourth-order valence-corrected chi connectivity index (χ4v) is 2.73. The molecule has 0 N–H and O–H groups in total. The maximum atomic E-state index is 11.7. The highest BCUT2D eigenvalue weighted by atomic mass is 79.9. The van der Waals surface area contributed by atoms with Crippen LogP contribution in [-0.2, 0) is 14.3 Å². The van der Waals surface area contributed by atoms with Gasteiger partial charge in [0.25, 0.3) is 0 Å². The Morgan fingerprint density at radius 2 is 2.12 bits per heavy atom. The van der Waals surface area contributed by atoms with Crippen molar-refractivity contribution in [2.45, 2.75) is 18.9 Å². The molecule has 5 heteroatoms. The summed E-state index contributed by atoms with van der Waals surface area (Å²) >= 11 is 3.23. The Bertz CT molecular complexity index is 243. The van der Waals surface area contributed by atoms with E-state index in [1.165, 1.54) is 0 Å². The molecule has 2 unspecified atom stereocenters. The second-order valence-electron chi connectivity index (χ2n) is 4.41. The quantitative estimate of drug-likeness (QED) is 0.729. The number of rotatable bonds is 3. The topological polar surface area (TPSA) is 38.8 Å². The minimum Gasteiger partial charge on any atom is -0.381 e. The van der Waals surface area contributed by atoms with Gasteiger partial charge in [0.1, 0.15) is 0 Å². The molecule has 4 nitrogen and oxygen atoms in total. The summed E-state index contributed by atoms with van der Waals surface area (Å²) in [6, 6.07) is 0.241. The molecule has 2 atom stereocenters. The number of hydrogen-bond acceptors (Lipinski definition) is 3. The summed E-state index contributed by atoms with van der Waals surface area (Å²) < 4.78 is 10.8. The Morgan fingerprint density at radius 1 is 1.31 bits per heavy atom. The van der Waals surface area contributed by atoms with Crippen molar-refractivity contribution in [2.75, 3.05) is 38.3 Å². The molecule has 0 radical (unpaired) electrons. The summed E-state index contributed by atoms with van der Waals surface area (Å²) in [7, 11) is 0. The molecule has 0 aromatic carbocycles. The highest BCUT2D eigenvalue weighted by Crippen LogP contribution is 2.22.